The molecule has 0 aliphatic heterocycles. The first-order valence-electron chi connectivity index (χ1n) is 8.65. The number of aromatic nitrogens is 1. The summed E-state index contributed by atoms with van der Waals surface area (Å²) in [7, 11) is 0.381. The first-order chi connectivity index (χ1) is 12.4. The number of hydrogen-bond donors (Lipinski definition) is 1. The average molecular weight is 377 g/mol. The van der Waals surface area contributed by atoms with Gasteiger partial charge >= 0.3 is 0 Å². The van der Waals surface area contributed by atoms with Crippen LogP contribution in [0.15, 0.2) is 54.7 Å². The van der Waals surface area contributed by atoms with E-state index in [0.717, 1.165) is 11.3 Å². The minimum Gasteiger partial charge on any atom is -0.375 e. The Morgan fingerprint density at radius 2 is 1.81 bits per heavy atom. The van der Waals surface area contributed by atoms with Crippen molar-refractivity contribution in [1.29, 1.82) is 0 Å². The van der Waals surface area contributed by atoms with Crippen LogP contribution in [0.1, 0.15) is 38.1 Å². The molecule has 0 spiro atoms. The van der Waals surface area contributed by atoms with E-state index in [1.165, 1.54) is 0 Å². The molecule has 2 aromatic rings. The zero-order valence-electron chi connectivity index (χ0n) is 15.8. The summed E-state index contributed by atoms with van der Waals surface area (Å²) in [6.45, 7) is 6.63. The molecule has 1 N–H and O–H groups in total. The molecule has 0 saturated heterocycles. The van der Waals surface area contributed by atoms with Crippen LogP contribution in [0, 0.1) is 0 Å². The maximum atomic E-state index is 12.6. The summed E-state index contributed by atoms with van der Waals surface area (Å²) < 4.78 is 27.0. The van der Waals surface area contributed by atoms with Gasteiger partial charge in [-0.1, -0.05) is 36.4 Å². The summed E-state index contributed by atoms with van der Waals surface area (Å²) in [5.41, 5.74) is 1.87. The maximum absolute atomic E-state index is 12.6. The predicted octanol–water partition coefficient (Wildman–Crippen LogP) is 3.41. The summed E-state index contributed by atoms with van der Waals surface area (Å²) in [5, 5.41) is 0. The molecule has 26 heavy (non-hydrogen) atoms. The predicted molar refractivity (Wildman–Crippen MR) is 105 cm³/mol. The number of nitrogens with zero attached hydrogens (tertiary/aromatic N) is 1. The summed E-state index contributed by atoms with van der Waals surface area (Å²) in [6, 6.07) is 15.4. The van der Waals surface area contributed by atoms with Gasteiger partial charge in [0.25, 0.3) is 0 Å². The number of benzene rings is 1. The second-order valence-corrected chi connectivity index (χ2v) is 9.01. The fraction of sp³-hybridized carbons (Fsp3) is 0.450. The Balaban J connectivity index is 2.11. The molecule has 0 radical (unpaired) electrons. The number of ether oxygens (including phenoxy) is 2. The molecule has 0 aliphatic rings. The van der Waals surface area contributed by atoms with Crippen molar-refractivity contribution < 1.29 is 13.7 Å². The minimum atomic E-state index is -1.25. The van der Waals surface area contributed by atoms with Crippen LogP contribution in [0.2, 0.25) is 0 Å². The lowest BCUT2D eigenvalue weighted by Crippen LogP contribution is -2.45. The first kappa shape index (κ1) is 20.7. The first-order valence-corrected chi connectivity index (χ1v) is 9.80. The standard InChI is InChI=1S/C20H28N2O3S/c1-20(2,3)26(23)22-18(15-25-14-16-10-6-5-7-11-16)19(24-4)17-12-8-9-13-21-17/h5-13,18-19,22H,14-15H2,1-4H3/t18-,19?,26+/m0/s1. The molecule has 1 heterocycles. The lowest BCUT2D eigenvalue weighted by Gasteiger charge is -2.29. The highest BCUT2D eigenvalue weighted by Crippen LogP contribution is 2.21. The molecule has 0 bridgehead atoms. The van der Waals surface area contributed by atoms with Crippen LogP contribution in [0.4, 0.5) is 0 Å². The van der Waals surface area contributed by atoms with Crippen LogP contribution in [0.3, 0.4) is 0 Å². The van der Waals surface area contributed by atoms with Crippen molar-refractivity contribution in [2.75, 3.05) is 13.7 Å². The van der Waals surface area contributed by atoms with Gasteiger partial charge in [0, 0.05) is 13.3 Å². The highest BCUT2D eigenvalue weighted by Gasteiger charge is 2.30. The molecule has 2 rings (SSSR count). The van der Waals surface area contributed by atoms with E-state index in [0.29, 0.717) is 13.2 Å². The van der Waals surface area contributed by atoms with Gasteiger partial charge in [-0.05, 0) is 38.5 Å². The molecule has 6 heteroatoms. The van der Waals surface area contributed by atoms with E-state index >= 15 is 0 Å². The van der Waals surface area contributed by atoms with Crippen molar-refractivity contribution in [3.8, 4) is 0 Å². The van der Waals surface area contributed by atoms with Crippen molar-refractivity contribution in [3.05, 3.63) is 66.0 Å². The summed E-state index contributed by atoms with van der Waals surface area (Å²) in [4.78, 5) is 4.39. The van der Waals surface area contributed by atoms with Gasteiger partial charge in [-0.15, -0.1) is 0 Å². The summed E-state index contributed by atoms with van der Waals surface area (Å²) >= 11 is 0. The Morgan fingerprint density at radius 3 is 2.38 bits per heavy atom. The van der Waals surface area contributed by atoms with E-state index in [2.05, 4.69) is 9.71 Å². The zero-order chi connectivity index (χ0) is 19.0. The third-order valence-corrected chi connectivity index (χ3v) is 5.45. The van der Waals surface area contributed by atoms with E-state index in [1.54, 1.807) is 13.3 Å². The number of methoxy groups -OCH3 is 1. The van der Waals surface area contributed by atoms with Crippen molar-refractivity contribution in [3.63, 3.8) is 0 Å². The Labute approximate surface area is 158 Å². The van der Waals surface area contributed by atoms with Gasteiger partial charge in [0.1, 0.15) is 6.10 Å². The van der Waals surface area contributed by atoms with E-state index in [9.17, 15) is 4.21 Å². The fourth-order valence-corrected chi connectivity index (χ4v) is 3.23. The Hall–Kier alpha value is -1.60. The van der Waals surface area contributed by atoms with Gasteiger partial charge in [-0.2, -0.15) is 0 Å². The number of pyridine rings is 1. The van der Waals surface area contributed by atoms with E-state index < -0.39 is 11.0 Å². The quantitative estimate of drug-likeness (QED) is 0.729. The molecule has 3 atom stereocenters. The van der Waals surface area contributed by atoms with E-state index in [-0.39, 0.29) is 16.9 Å². The summed E-state index contributed by atoms with van der Waals surface area (Å²) in [5.74, 6) is 0. The summed E-state index contributed by atoms with van der Waals surface area (Å²) in [6.07, 6.45) is 1.36. The molecule has 5 nitrogen and oxygen atoms in total. The zero-order valence-corrected chi connectivity index (χ0v) is 16.7. The molecule has 142 valence electrons. The maximum Gasteiger partial charge on any atom is 0.117 e. The van der Waals surface area contributed by atoms with Crippen LogP contribution in [-0.2, 0) is 27.1 Å². The fourth-order valence-electron chi connectivity index (χ4n) is 2.41. The topological polar surface area (TPSA) is 60.5 Å². The van der Waals surface area contributed by atoms with Crippen molar-refractivity contribution in [2.45, 2.75) is 44.3 Å². The Bertz CT molecular complexity index is 674. The van der Waals surface area contributed by atoms with E-state index in [1.807, 2.05) is 69.3 Å². The van der Waals surface area contributed by atoms with Gasteiger partial charge in [-0.25, -0.2) is 8.93 Å². The molecular weight excluding hydrogens is 348 g/mol. The molecule has 0 amide bonds. The smallest absolute Gasteiger partial charge is 0.117 e. The third kappa shape index (κ3) is 6.29. The minimum absolute atomic E-state index is 0.293. The number of rotatable bonds is 9. The van der Waals surface area contributed by atoms with Gasteiger partial charge in [0.2, 0.25) is 0 Å². The van der Waals surface area contributed by atoms with Gasteiger partial charge in [0.15, 0.2) is 0 Å². The van der Waals surface area contributed by atoms with Crippen molar-refractivity contribution in [2.24, 2.45) is 0 Å². The van der Waals surface area contributed by atoms with Crippen molar-refractivity contribution >= 4 is 11.0 Å². The second kappa shape index (κ2) is 9.92. The SMILES string of the molecule is COC(c1ccccn1)[C@H](COCc1ccccc1)N[S@](=O)C(C)(C)C. The van der Waals surface area contributed by atoms with Gasteiger partial charge in [0.05, 0.1) is 40.7 Å². The lowest BCUT2D eigenvalue weighted by molar-refractivity contribution is 0.0209. The van der Waals surface area contributed by atoms with Crippen LogP contribution < -0.4 is 4.72 Å². The highest BCUT2D eigenvalue weighted by molar-refractivity contribution is 7.84. The second-order valence-electron chi connectivity index (χ2n) is 7.02. The number of nitrogens with one attached hydrogen (secondary N) is 1. The molecule has 1 unspecified atom stereocenters. The third-order valence-electron chi connectivity index (χ3n) is 3.82. The Morgan fingerprint density at radius 1 is 1.12 bits per heavy atom. The van der Waals surface area contributed by atoms with Crippen LogP contribution in [-0.4, -0.2) is 33.7 Å². The molecule has 1 aromatic carbocycles. The van der Waals surface area contributed by atoms with Crippen molar-refractivity contribution in [1.82, 2.24) is 9.71 Å². The van der Waals surface area contributed by atoms with E-state index in [4.69, 9.17) is 9.47 Å². The molecular formula is C20H28N2O3S. The number of hydrogen-bond acceptors (Lipinski definition) is 4. The molecule has 1 aromatic heterocycles. The molecule has 0 saturated carbocycles. The highest BCUT2D eigenvalue weighted by atomic mass is 32.2. The molecule has 0 aliphatic carbocycles. The average Bonchev–Trinajstić information content (AvgIpc) is 2.63. The lowest BCUT2D eigenvalue weighted by atomic mass is 10.1. The van der Waals surface area contributed by atoms with Crippen LogP contribution in [0.25, 0.3) is 0 Å². The monoisotopic (exact) mass is 376 g/mol. The largest absolute Gasteiger partial charge is 0.375 e. The van der Waals surface area contributed by atoms with Gasteiger partial charge in [-0.3, -0.25) is 4.98 Å². The Kier molecular flexibility index (Phi) is 7.90. The van der Waals surface area contributed by atoms with Crippen LogP contribution in [0.5, 0.6) is 0 Å². The van der Waals surface area contributed by atoms with Gasteiger partial charge < -0.3 is 9.47 Å². The normalized spacial score (nSPS) is 15.4. The molecule has 0 fully saturated rings. The van der Waals surface area contributed by atoms with Crippen LogP contribution >= 0.6 is 0 Å².